The van der Waals surface area contributed by atoms with Crippen LogP contribution >= 0.6 is 23.2 Å². The van der Waals surface area contributed by atoms with Gasteiger partial charge in [0, 0.05) is 72.0 Å². The molecular formula is C34H35Cl2N5O4. The fourth-order valence-electron chi connectivity index (χ4n) is 5.06. The van der Waals surface area contributed by atoms with Gasteiger partial charge in [-0.15, -0.1) is 0 Å². The fourth-order valence-corrected chi connectivity index (χ4v) is 5.73. The van der Waals surface area contributed by atoms with E-state index in [1.807, 2.05) is 60.7 Å². The van der Waals surface area contributed by atoms with Crippen molar-refractivity contribution in [1.29, 1.82) is 0 Å². The van der Waals surface area contributed by atoms with Gasteiger partial charge in [-0.05, 0) is 37.6 Å². The van der Waals surface area contributed by atoms with Crippen LogP contribution in [0.25, 0.3) is 39.2 Å². The molecule has 0 unspecified atom stereocenters. The molecule has 9 nitrogen and oxygen atoms in total. The second-order valence-electron chi connectivity index (χ2n) is 10.9. The number of nitrogens with one attached hydrogen (secondary N) is 2. The summed E-state index contributed by atoms with van der Waals surface area (Å²) < 4.78 is 7.05. The van der Waals surface area contributed by atoms with Crippen molar-refractivity contribution in [3.8, 4) is 39.4 Å². The Bertz CT molecular complexity index is 1880. The SMILES string of the molecule is COc1nc(-c2cccc(-c3cccc(-c4ccn5c(=O)c(CNC[C@@H](C)O)cnc5c4)c3Cl)c2Cl)ccc1CNC[C@H](C)O. The summed E-state index contributed by atoms with van der Waals surface area (Å²) >= 11 is 14.1. The normalized spacial score (nSPS) is 12.8. The van der Waals surface area contributed by atoms with E-state index in [9.17, 15) is 15.0 Å². The first-order valence-electron chi connectivity index (χ1n) is 14.6. The van der Waals surface area contributed by atoms with E-state index >= 15 is 0 Å². The molecule has 4 N–H and O–H groups in total. The Morgan fingerprint density at radius 3 is 2.09 bits per heavy atom. The number of aliphatic hydroxyl groups excluding tert-OH is 2. The maximum atomic E-state index is 13.0. The van der Waals surface area contributed by atoms with Crippen LogP contribution in [0.2, 0.25) is 10.0 Å². The summed E-state index contributed by atoms with van der Waals surface area (Å²) in [7, 11) is 1.57. The molecule has 0 aliphatic rings. The number of halogens is 2. The van der Waals surface area contributed by atoms with Crippen molar-refractivity contribution in [2.75, 3.05) is 20.2 Å². The second-order valence-corrected chi connectivity index (χ2v) is 11.6. The number of aromatic nitrogens is 3. The van der Waals surface area contributed by atoms with Crippen molar-refractivity contribution in [2.45, 2.75) is 39.1 Å². The van der Waals surface area contributed by atoms with E-state index in [0.717, 1.165) is 33.4 Å². The van der Waals surface area contributed by atoms with Crippen LogP contribution in [-0.4, -0.2) is 57.0 Å². The Morgan fingerprint density at radius 2 is 1.44 bits per heavy atom. The molecule has 3 aromatic heterocycles. The molecule has 234 valence electrons. The van der Waals surface area contributed by atoms with Gasteiger partial charge in [-0.25, -0.2) is 9.97 Å². The molecule has 0 bridgehead atoms. The molecule has 0 saturated carbocycles. The molecule has 11 heteroatoms. The molecule has 45 heavy (non-hydrogen) atoms. The quantitative estimate of drug-likeness (QED) is 0.143. The standard InChI is InChI=1S/C34H35Cl2N5O4/c1-20(42)15-37-17-23-10-11-29(40-33(23)45-3)28-9-5-8-27(32(28)36)26-7-4-6-25(31(26)35)22-12-13-41-30(14-22)39-19-24(34(41)44)18-38-16-21(2)43/h4-14,19-21,37-38,42-43H,15-18H2,1-3H3/t20-,21+/m0/s1. The molecule has 0 spiro atoms. The van der Waals surface area contributed by atoms with Gasteiger partial charge in [0.1, 0.15) is 5.65 Å². The van der Waals surface area contributed by atoms with E-state index in [4.69, 9.17) is 32.9 Å². The van der Waals surface area contributed by atoms with Crippen LogP contribution in [0.5, 0.6) is 5.88 Å². The first-order valence-corrected chi connectivity index (χ1v) is 15.3. The average molecular weight is 649 g/mol. The van der Waals surface area contributed by atoms with Crippen LogP contribution in [0.1, 0.15) is 25.0 Å². The minimum Gasteiger partial charge on any atom is -0.481 e. The van der Waals surface area contributed by atoms with E-state index in [2.05, 4.69) is 15.6 Å². The molecule has 0 amide bonds. The highest BCUT2D eigenvalue weighted by Crippen LogP contribution is 2.42. The highest BCUT2D eigenvalue weighted by atomic mass is 35.5. The van der Waals surface area contributed by atoms with E-state index in [1.54, 1.807) is 33.4 Å². The van der Waals surface area contributed by atoms with Crippen molar-refractivity contribution < 1.29 is 14.9 Å². The van der Waals surface area contributed by atoms with E-state index < -0.39 is 12.2 Å². The molecular weight excluding hydrogens is 613 g/mol. The number of benzene rings is 2. The summed E-state index contributed by atoms with van der Waals surface area (Å²) in [5, 5.41) is 26.3. The number of hydrogen-bond donors (Lipinski definition) is 4. The highest BCUT2D eigenvalue weighted by Gasteiger charge is 2.18. The lowest BCUT2D eigenvalue weighted by molar-refractivity contribution is 0.190. The highest BCUT2D eigenvalue weighted by molar-refractivity contribution is 6.39. The zero-order chi connectivity index (χ0) is 32.1. The average Bonchev–Trinajstić information content (AvgIpc) is 3.02. The number of aliphatic hydroxyl groups is 2. The molecule has 0 fully saturated rings. The number of pyridine rings is 2. The maximum absolute atomic E-state index is 13.0. The van der Waals surface area contributed by atoms with Crippen LogP contribution in [0.3, 0.4) is 0 Å². The zero-order valence-corrected chi connectivity index (χ0v) is 26.7. The van der Waals surface area contributed by atoms with Crippen molar-refractivity contribution in [1.82, 2.24) is 25.0 Å². The van der Waals surface area contributed by atoms with E-state index in [0.29, 0.717) is 59.0 Å². The number of rotatable bonds is 12. The smallest absolute Gasteiger partial charge is 0.262 e. The van der Waals surface area contributed by atoms with Crippen LogP contribution in [0, 0.1) is 0 Å². The van der Waals surface area contributed by atoms with Crippen molar-refractivity contribution in [3.05, 3.63) is 105 Å². The van der Waals surface area contributed by atoms with Crippen LogP contribution in [-0.2, 0) is 13.1 Å². The van der Waals surface area contributed by atoms with Crippen LogP contribution in [0.4, 0.5) is 0 Å². The molecule has 0 radical (unpaired) electrons. The Balaban J connectivity index is 1.46. The number of methoxy groups -OCH3 is 1. The summed E-state index contributed by atoms with van der Waals surface area (Å²) in [6, 6.07) is 18.9. The molecule has 0 aliphatic carbocycles. The Labute approximate surface area is 271 Å². The third kappa shape index (κ3) is 7.36. The van der Waals surface area contributed by atoms with Crippen molar-refractivity contribution in [2.24, 2.45) is 0 Å². The van der Waals surface area contributed by atoms with Gasteiger partial charge >= 0.3 is 0 Å². The number of fused-ring (bicyclic) bond motifs is 1. The number of nitrogens with zero attached hydrogens (tertiary/aromatic N) is 3. The van der Waals surface area contributed by atoms with Crippen molar-refractivity contribution >= 4 is 28.8 Å². The minimum atomic E-state index is -0.511. The molecule has 2 aromatic carbocycles. The lowest BCUT2D eigenvalue weighted by Gasteiger charge is -2.15. The predicted octanol–water partition coefficient (Wildman–Crippen LogP) is 5.35. The van der Waals surface area contributed by atoms with Gasteiger partial charge in [-0.1, -0.05) is 65.7 Å². The zero-order valence-electron chi connectivity index (χ0n) is 25.2. The van der Waals surface area contributed by atoms with Gasteiger partial charge in [0.15, 0.2) is 0 Å². The topological polar surface area (TPSA) is 121 Å². The van der Waals surface area contributed by atoms with Crippen LogP contribution in [0.15, 0.2) is 77.9 Å². The molecule has 2 atom stereocenters. The number of hydrogen-bond acceptors (Lipinski definition) is 8. The second kappa shape index (κ2) is 14.5. The largest absolute Gasteiger partial charge is 0.481 e. The first kappa shape index (κ1) is 32.6. The number of ether oxygens (including phenoxy) is 1. The van der Waals surface area contributed by atoms with Gasteiger partial charge in [0.05, 0.1) is 35.1 Å². The van der Waals surface area contributed by atoms with Gasteiger partial charge in [-0.3, -0.25) is 9.20 Å². The molecule has 0 aliphatic heterocycles. The molecule has 5 rings (SSSR count). The monoisotopic (exact) mass is 647 g/mol. The van der Waals surface area contributed by atoms with Gasteiger partial charge in [0.25, 0.3) is 5.56 Å². The van der Waals surface area contributed by atoms with E-state index in [-0.39, 0.29) is 5.56 Å². The van der Waals surface area contributed by atoms with Gasteiger partial charge in [0.2, 0.25) is 5.88 Å². The van der Waals surface area contributed by atoms with Gasteiger partial charge < -0.3 is 25.6 Å². The van der Waals surface area contributed by atoms with E-state index in [1.165, 1.54) is 4.40 Å². The third-order valence-corrected chi connectivity index (χ3v) is 8.11. The maximum Gasteiger partial charge on any atom is 0.262 e. The summed E-state index contributed by atoms with van der Waals surface area (Å²) in [4.78, 5) is 22.2. The summed E-state index contributed by atoms with van der Waals surface area (Å²) in [6.07, 6.45) is 2.28. The Morgan fingerprint density at radius 1 is 0.844 bits per heavy atom. The van der Waals surface area contributed by atoms with Crippen molar-refractivity contribution in [3.63, 3.8) is 0 Å². The Hall–Kier alpha value is -3.83. The summed E-state index contributed by atoms with van der Waals surface area (Å²) in [6.45, 7) is 5.04. The van der Waals surface area contributed by atoms with Crippen LogP contribution < -0.4 is 20.9 Å². The fraction of sp³-hybridized carbons (Fsp3) is 0.265. The lowest BCUT2D eigenvalue weighted by Crippen LogP contribution is -2.28. The summed E-state index contributed by atoms with van der Waals surface area (Å²) in [5.74, 6) is 0.472. The van der Waals surface area contributed by atoms with Gasteiger partial charge in [-0.2, -0.15) is 0 Å². The third-order valence-electron chi connectivity index (χ3n) is 7.30. The first-order chi connectivity index (χ1) is 21.7. The minimum absolute atomic E-state index is 0.178. The lowest BCUT2D eigenvalue weighted by atomic mass is 9.97. The summed E-state index contributed by atoms with van der Waals surface area (Å²) in [5.41, 5.74) is 6.11. The predicted molar refractivity (Wildman–Crippen MR) is 179 cm³/mol. The Kier molecular flexibility index (Phi) is 10.5. The molecule has 0 saturated heterocycles. The molecule has 5 aromatic rings. The molecule has 3 heterocycles.